The first-order valence-corrected chi connectivity index (χ1v) is 16.9. The van der Waals surface area contributed by atoms with E-state index in [4.69, 9.17) is 14.2 Å². The van der Waals surface area contributed by atoms with Gasteiger partial charge in [-0.05, 0) is 97.7 Å². The van der Waals surface area contributed by atoms with E-state index in [9.17, 15) is 35.7 Å². The molecule has 0 spiro atoms. The Labute approximate surface area is 255 Å². The monoisotopic (exact) mass is 612 g/mol. The first-order valence-electron chi connectivity index (χ1n) is 16.9. The highest BCUT2D eigenvalue weighted by Gasteiger charge is 2.68. The van der Waals surface area contributed by atoms with Crippen LogP contribution in [0.25, 0.3) is 0 Å². The van der Waals surface area contributed by atoms with Crippen LogP contribution in [-0.2, 0) is 14.2 Å². The van der Waals surface area contributed by atoms with Gasteiger partial charge in [-0.2, -0.15) is 0 Å². The lowest BCUT2D eigenvalue weighted by molar-refractivity contribution is -0.303. The van der Waals surface area contributed by atoms with Gasteiger partial charge >= 0.3 is 0 Å². The number of fused-ring (bicyclic) bond motifs is 7. The number of rotatable bonds is 7. The van der Waals surface area contributed by atoms with Gasteiger partial charge in [0.1, 0.15) is 24.4 Å². The van der Waals surface area contributed by atoms with E-state index in [0.717, 1.165) is 25.7 Å². The smallest absolute Gasteiger partial charge is 0.186 e. The molecule has 0 aromatic carbocycles. The van der Waals surface area contributed by atoms with E-state index < -0.39 is 55.3 Å². The van der Waals surface area contributed by atoms with E-state index in [1.807, 2.05) is 6.92 Å². The summed E-state index contributed by atoms with van der Waals surface area (Å²) in [6.45, 7) is 8.67. The predicted octanol–water partition coefficient (Wildman–Crippen LogP) is 1.54. The largest absolute Gasteiger partial charge is 0.394 e. The Bertz CT molecular complexity index is 997. The lowest BCUT2D eigenvalue weighted by atomic mass is 9.44. The average molecular weight is 613 g/mol. The van der Waals surface area contributed by atoms with Crippen LogP contribution in [0, 0.1) is 52.3 Å². The van der Waals surface area contributed by atoms with Gasteiger partial charge in [0.25, 0.3) is 0 Å². The Balaban J connectivity index is 1.06. The van der Waals surface area contributed by atoms with Crippen molar-refractivity contribution in [2.45, 2.75) is 140 Å². The van der Waals surface area contributed by atoms with Gasteiger partial charge in [0.15, 0.2) is 12.1 Å². The first kappa shape index (κ1) is 32.5. The van der Waals surface area contributed by atoms with Crippen LogP contribution in [0.4, 0.5) is 0 Å². The second kappa shape index (κ2) is 11.7. The zero-order valence-corrected chi connectivity index (χ0v) is 26.3. The fraction of sp³-hybridized carbons (Fsp3) is 1.00. The van der Waals surface area contributed by atoms with Crippen LogP contribution in [0.15, 0.2) is 0 Å². The van der Waals surface area contributed by atoms with Gasteiger partial charge in [0.05, 0.1) is 31.5 Å². The lowest BCUT2D eigenvalue weighted by Gasteiger charge is -2.61. The van der Waals surface area contributed by atoms with E-state index in [-0.39, 0.29) is 41.3 Å². The molecule has 4 aliphatic carbocycles. The van der Waals surface area contributed by atoms with Crippen molar-refractivity contribution in [2.24, 2.45) is 52.3 Å². The van der Waals surface area contributed by atoms with Crippen molar-refractivity contribution in [3.63, 3.8) is 0 Å². The molecule has 6 aliphatic rings. The lowest BCUT2D eigenvalue weighted by Crippen LogP contribution is -2.59. The third-order valence-corrected chi connectivity index (χ3v) is 13.8. The molecule has 43 heavy (non-hydrogen) atoms. The molecule has 0 aromatic rings. The van der Waals surface area contributed by atoms with Crippen LogP contribution in [0.3, 0.4) is 0 Å². The maximum atomic E-state index is 11.8. The summed E-state index contributed by atoms with van der Waals surface area (Å²) in [6.07, 6.45) is 0.335. The van der Waals surface area contributed by atoms with Crippen molar-refractivity contribution in [3.8, 4) is 0 Å². The fourth-order valence-electron chi connectivity index (χ4n) is 11.3. The number of hydrogen-bond donors (Lipinski definition) is 7. The summed E-state index contributed by atoms with van der Waals surface area (Å²) in [6, 6.07) is 0. The third kappa shape index (κ3) is 5.24. The summed E-state index contributed by atoms with van der Waals surface area (Å²) in [5.41, 5.74) is 0.172. The number of aliphatic hydroxyl groups is 7. The molecule has 0 radical (unpaired) electrons. The molecule has 1 unspecified atom stereocenters. The Hall–Kier alpha value is -0.400. The van der Waals surface area contributed by atoms with Gasteiger partial charge in [-0.25, -0.2) is 0 Å². The number of ether oxygens (including phenoxy) is 3. The molecule has 248 valence electrons. The van der Waals surface area contributed by atoms with Crippen molar-refractivity contribution in [1.82, 2.24) is 0 Å². The van der Waals surface area contributed by atoms with Crippen molar-refractivity contribution in [1.29, 1.82) is 0 Å². The molecule has 10 heteroatoms. The van der Waals surface area contributed by atoms with Crippen molar-refractivity contribution < 1.29 is 50.0 Å². The normalized spacial score (nSPS) is 57.0. The van der Waals surface area contributed by atoms with Gasteiger partial charge < -0.3 is 50.0 Å². The van der Waals surface area contributed by atoms with E-state index >= 15 is 0 Å². The minimum atomic E-state index is -1.47. The zero-order chi connectivity index (χ0) is 31.1. The number of hydrogen-bond acceptors (Lipinski definition) is 10. The zero-order valence-electron chi connectivity index (χ0n) is 26.3. The van der Waals surface area contributed by atoms with E-state index in [0.29, 0.717) is 49.4 Å². The first-order chi connectivity index (χ1) is 20.2. The van der Waals surface area contributed by atoms with E-state index in [1.54, 1.807) is 0 Å². The maximum absolute atomic E-state index is 11.8. The standard InChI is InChI=1S/C33H56O10/c1-16(15-41-30-29(39)28(38)27(37)25(14-34)42-30)7-10-33(40)17(2)26-24(43-33)12-21-19-6-5-18-11-22(35)23(36)13-32(18,4)20(19)8-9-31(21,26)3/h16-30,34-40H,5-15H2,1-4H3/t16-,17-,18+,19+,20-,21-,22+,23-,24-,25+,26-,27+,28-,29+,30+,31-,32-,33?/m0/s1. The molecule has 7 N–H and O–H groups in total. The fourth-order valence-corrected chi connectivity index (χ4v) is 11.3. The highest BCUT2D eigenvalue weighted by Crippen LogP contribution is 2.70. The number of aliphatic hydroxyl groups excluding tert-OH is 6. The van der Waals surface area contributed by atoms with Crippen LogP contribution < -0.4 is 0 Å². The van der Waals surface area contributed by atoms with Gasteiger partial charge in [-0.3, -0.25) is 0 Å². The molecule has 6 rings (SSSR count). The Morgan fingerprint density at radius 3 is 2.37 bits per heavy atom. The molecular formula is C33H56O10. The summed E-state index contributed by atoms with van der Waals surface area (Å²) in [4.78, 5) is 0. The van der Waals surface area contributed by atoms with Crippen LogP contribution >= 0.6 is 0 Å². The van der Waals surface area contributed by atoms with E-state index in [2.05, 4.69) is 20.8 Å². The Kier molecular flexibility index (Phi) is 8.84. The summed E-state index contributed by atoms with van der Waals surface area (Å²) in [5.74, 6) is 1.23. The minimum absolute atomic E-state index is 0.00620. The van der Waals surface area contributed by atoms with Crippen LogP contribution in [0.5, 0.6) is 0 Å². The summed E-state index contributed by atoms with van der Waals surface area (Å²) in [5, 5.41) is 72.5. The second-order valence-corrected chi connectivity index (χ2v) is 16.0. The minimum Gasteiger partial charge on any atom is -0.394 e. The Morgan fingerprint density at radius 1 is 0.907 bits per heavy atom. The van der Waals surface area contributed by atoms with Gasteiger partial charge in [-0.1, -0.05) is 27.7 Å². The van der Waals surface area contributed by atoms with Crippen LogP contribution in [-0.4, -0.2) is 104 Å². The SMILES string of the molecule is C[C@@H](CCC1(O)O[C@H]2C[C@H]3[C@@H]4CC[C@@H]5C[C@@H](O)[C@@H](O)C[C@]5(C)[C@H]4CC[C@]3(C)[C@H]2[C@@H]1C)CO[C@@H]1O[C@H](CO)[C@@H](O)[C@H](O)[C@H]1O. The van der Waals surface area contributed by atoms with Crippen LogP contribution in [0.2, 0.25) is 0 Å². The topological polar surface area (TPSA) is 169 Å². The molecule has 2 heterocycles. The van der Waals surface area contributed by atoms with Crippen molar-refractivity contribution in [2.75, 3.05) is 13.2 Å². The van der Waals surface area contributed by atoms with Gasteiger partial charge in [-0.15, -0.1) is 0 Å². The molecule has 2 saturated heterocycles. The third-order valence-electron chi connectivity index (χ3n) is 13.8. The van der Waals surface area contributed by atoms with Gasteiger partial charge in [0.2, 0.25) is 0 Å². The molecule has 0 aromatic heterocycles. The highest BCUT2D eigenvalue weighted by atomic mass is 16.7. The Morgan fingerprint density at radius 2 is 1.65 bits per heavy atom. The average Bonchev–Trinajstić information content (AvgIpc) is 3.40. The summed E-state index contributed by atoms with van der Waals surface area (Å²) < 4.78 is 17.8. The predicted molar refractivity (Wildman–Crippen MR) is 155 cm³/mol. The molecular weight excluding hydrogens is 556 g/mol. The molecule has 0 bridgehead atoms. The highest BCUT2D eigenvalue weighted by molar-refractivity contribution is 5.15. The molecule has 6 fully saturated rings. The maximum Gasteiger partial charge on any atom is 0.186 e. The van der Waals surface area contributed by atoms with E-state index in [1.165, 1.54) is 6.42 Å². The molecule has 4 saturated carbocycles. The molecule has 2 aliphatic heterocycles. The molecule has 10 nitrogen and oxygen atoms in total. The van der Waals surface area contributed by atoms with Crippen LogP contribution in [0.1, 0.15) is 85.5 Å². The quantitative estimate of drug-likeness (QED) is 0.224. The van der Waals surface area contributed by atoms with Crippen molar-refractivity contribution in [3.05, 3.63) is 0 Å². The molecule has 18 atom stereocenters. The van der Waals surface area contributed by atoms with Crippen molar-refractivity contribution >= 4 is 0 Å². The second-order valence-electron chi connectivity index (χ2n) is 16.0. The summed E-state index contributed by atoms with van der Waals surface area (Å²) in [7, 11) is 0. The summed E-state index contributed by atoms with van der Waals surface area (Å²) >= 11 is 0. The van der Waals surface area contributed by atoms with Gasteiger partial charge in [0, 0.05) is 12.3 Å². The molecule has 0 amide bonds.